The lowest BCUT2D eigenvalue weighted by Crippen LogP contribution is -2.48. The van der Waals surface area contributed by atoms with Gasteiger partial charge in [-0.15, -0.1) is 0 Å². The van der Waals surface area contributed by atoms with E-state index in [-0.39, 0.29) is 16.9 Å². The molecule has 3 rings (SSSR count). The normalized spacial score (nSPS) is 12.7. The summed E-state index contributed by atoms with van der Waals surface area (Å²) in [6.07, 6.45) is 4.81. The van der Waals surface area contributed by atoms with E-state index in [1.54, 1.807) is 30.3 Å². The SMILES string of the molecule is CCOc1ccc(/C=C/C(=O)NC(=S)NNC(=O)c2ccc(NC(=O)C3CC3)cc2)cc1. The summed E-state index contributed by atoms with van der Waals surface area (Å²) in [5.74, 6) is -0.0171. The first-order chi connectivity index (χ1) is 15.4. The van der Waals surface area contributed by atoms with Crippen LogP contribution in [0, 0.1) is 5.92 Å². The van der Waals surface area contributed by atoms with Crippen LogP contribution in [-0.4, -0.2) is 29.4 Å². The predicted molar refractivity (Wildman–Crippen MR) is 126 cm³/mol. The van der Waals surface area contributed by atoms with Crippen molar-refractivity contribution in [1.29, 1.82) is 0 Å². The van der Waals surface area contributed by atoms with E-state index in [9.17, 15) is 14.4 Å². The van der Waals surface area contributed by atoms with Crippen LogP contribution in [0.1, 0.15) is 35.7 Å². The number of amides is 3. The summed E-state index contributed by atoms with van der Waals surface area (Å²) in [5.41, 5.74) is 6.72. The molecule has 9 heteroatoms. The van der Waals surface area contributed by atoms with Gasteiger partial charge in [0.1, 0.15) is 5.75 Å². The molecule has 4 N–H and O–H groups in total. The standard InChI is InChI=1S/C23H24N4O4S/c1-2-31-19-12-3-15(4-13-19)5-14-20(28)25-23(32)27-26-22(30)17-8-10-18(11-9-17)24-21(29)16-6-7-16/h3-5,8-14,16H,2,6-7H2,1H3,(H,24,29)(H,26,30)(H2,25,27,28,32)/b14-5+. The molecule has 166 valence electrons. The monoisotopic (exact) mass is 452 g/mol. The second-order valence-corrected chi connectivity index (χ2v) is 7.48. The fraction of sp³-hybridized carbons (Fsp3) is 0.217. The van der Waals surface area contributed by atoms with Gasteiger partial charge in [0.05, 0.1) is 6.61 Å². The molecule has 3 amide bonds. The van der Waals surface area contributed by atoms with E-state index in [2.05, 4.69) is 21.5 Å². The Bertz CT molecular complexity index is 1020. The number of benzene rings is 2. The number of ether oxygens (including phenoxy) is 1. The molecular weight excluding hydrogens is 428 g/mol. The van der Waals surface area contributed by atoms with Crippen LogP contribution < -0.4 is 26.2 Å². The second kappa shape index (κ2) is 11.1. The summed E-state index contributed by atoms with van der Waals surface area (Å²) in [5, 5.41) is 5.20. The molecule has 0 saturated heterocycles. The highest BCUT2D eigenvalue weighted by atomic mass is 32.1. The van der Waals surface area contributed by atoms with Crippen LogP contribution in [-0.2, 0) is 9.59 Å². The zero-order valence-electron chi connectivity index (χ0n) is 17.5. The maximum absolute atomic E-state index is 12.2. The summed E-state index contributed by atoms with van der Waals surface area (Å²) >= 11 is 5.02. The number of carbonyl (C=O) groups excluding carboxylic acids is 3. The van der Waals surface area contributed by atoms with Crippen LogP contribution in [0.15, 0.2) is 54.6 Å². The van der Waals surface area contributed by atoms with Crippen molar-refractivity contribution in [3.8, 4) is 5.75 Å². The summed E-state index contributed by atoms with van der Waals surface area (Å²) in [4.78, 5) is 36.0. The average Bonchev–Trinajstić information content (AvgIpc) is 3.63. The number of hydrazine groups is 1. The predicted octanol–water partition coefficient (Wildman–Crippen LogP) is 2.78. The highest BCUT2D eigenvalue weighted by molar-refractivity contribution is 7.80. The molecule has 1 saturated carbocycles. The maximum Gasteiger partial charge on any atom is 0.269 e. The minimum absolute atomic E-state index is 0.00142. The molecule has 8 nitrogen and oxygen atoms in total. The first-order valence-electron chi connectivity index (χ1n) is 10.2. The van der Waals surface area contributed by atoms with Crippen LogP contribution >= 0.6 is 12.2 Å². The van der Waals surface area contributed by atoms with Gasteiger partial charge in [-0.1, -0.05) is 12.1 Å². The lowest BCUT2D eigenvalue weighted by molar-refractivity contribution is -0.117. The fourth-order valence-electron chi connectivity index (χ4n) is 2.68. The molecule has 0 aromatic heterocycles. The molecule has 1 aliphatic rings. The highest BCUT2D eigenvalue weighted by Crippen LogP contribution is 2.30. The number of rotatable bonds is 7. The van der Waals surface area contributed by atoms with Gasteiger partial charge in [0.2, 0.25) is 11.8 Å². The largest absolute Gasteiger partial charge is 0.494 e. The van der Waals surface area contributed by atoms with Gasteiger partial charge < -0.3 is 10.1 Å². The molecule has 1 aliphatic carbocycles. The van der Waals surface area contributed by atoms with Gasteiger partial charge in [-0.25, -0.2) is 0 Å². The Morgan fingerprint density at radius 3 is 2.34 bits per heavy atom. The average molecular weight is 453 g/mol. The molecule has 0 unspecified atom stereocenters. The number of hydrogen-bond donors (Lipinski definition) is 4. The van der Waals surface area contributed by atoms with Crippen LogP contribution in [0.5, 0.6) is 5.75 Å². The summed E-state index contributed by atoms with van der Waals surface area (Å²) in [6.45, 7) is 2.49. The summed E-state index contributed by atoms with van der Waals surface area (Å²) in [6, 6.07) is 13.8. The van der Waals surface area contributed by atoms with Crippen molar-refractivity contribution >= 4 is 46.8 Å². The van der Waals surface area contributed by atoms with E-state index in [4.69, 9.17) is 17.0 Å². The molecule has 0 heterocycles. The summed E-state index contributed by atoms with van der Waals surface area (Å²) in [7, 11) is 0. The molecule has 2 aromatic carbocycles. The fourth-order valence-corrected chi connectivity index (χ4v) is 2.83. The van der Waals surface area contributed by atoms with Crippen LogP contribution in [0.25, 0.3) is 6.08 Å². The van der Waals surface area contributed by atoms with Crippen molar-refractivity contribution in [3.63, 3.8) is 0 Å². The van der Waals surface area contributed by atoms with Gasteiger partial charge in [0.25, 0.3) is 5.91 Å². The van der Waals surface area contributed by atoms with Crippen molar-refractivity contribution < 1.29 is 19.1 Å². The van der Waals surface area contributed by atoms with Crippen molar-refractivity contribution in [2.45, 2.75) is 19.8 Å². The highest BCUT2D eigenvalue weighted by Gasteiger charge is 2.29. The Morgan fingerprint density at radius 1 is 1.03 bits per heavy atom. The van der Waals surface area contributed by atoms with Gasteiger partial charge in [0.15, 0.2) is 5.11 Å². The first kappa shape index (κ1) is 23.0. The smallest absolute Gasteiger partial charge is 0.269 e. The number of thiocarbonyl (C=S) groups is 1. The van der Waals surface area contributed by atoms with Crippen molar-refractivity contribution in [3.05, 3.63) is 65.7 Å². The van der Waals surface area contributed by atoms with E-state index in [1.807, 2.05) is 31.2 Å². The van der Waals surface area contributed by atoms with Gasteiger partial charge in [-0.05, 0) is 80.0 Å². The molecule has 1 fully saturated rings. The zero-order chi connectivity index (χ0) is 22.9. The molecular formula is C23H24N4O4S. The lowest BCUT2D eigenvalue weighted by atomic mass is 10.2. The Hall–Kier alpha value is -3.72. The van der Waals surface area contributed by atoms with Crippen molar-refractivity contribution in [2.75, 3.05) is 11.9 Å². The van der Waals surface area contributed by atoms with E-state index >= 15 is 0 Å². The van der Waals surface area contributed by atoms with Crippen LogP contribution in [0.3, 0.4) is 0 Å². The van der Waals surface area contributed by atoms with E-state index in [0.29, 0.717) is 17.9 Å². The van der Waals surface area contributed by atoms with Crippen LogP contribution in [0.2, 0.25) is 0 Å². The van der Waals surface area contributed by atoms with Gasteiger partial charge in [-0.3, -0.25) is 30.6 Å². The van der Waals surface area contributed by atoms with Gasteiger partial charge >= 0.3 is 0 Å². The molecule has 0 radical (unpaired) electrons. The third kappa shape index (κ3) is 7.21. The first-order valence-corrected chi connectivity index (χ1v) is 10.6. The quantitative estimate of drug-likeness (QED) is 0.292. The topological polar surface area (TPSA) is 109 Å². The number of nitrogens with one attached hydrogen (secondary N) is 4. The Labute approximate surface area is 191 Å². The van der Waals surface area contributed by atoms with E-state index in [0.717, 1.165) is 24.2 Å². The van der Waals surface area contributed by atoms with Crippen LogP contribution in [0.4, 0.5) is 5.69 Å². The number of carbonyl (C=O) groups is 3. The Kier molecular flexibility index (Phi) is 7.93. The van der Waals surface area contributed by atoms with E-state index in [1.165, 1.54) is 6.08 Å². The molecule has 32 heavy (non-hydrogen) atoms. The third-order valence-electron chi connectivity index (χ3n) is 4.51. The minimum atomic E-state index is -0.443. The Balaban J connectivity index is 1.40. The van der Waals surface area contributed by atoms with E-state index < -0.39 is 11.8 Å². The van der Waals surface area contributed by atoms with Crippen molar-refractivity contribution in [2.24, 2.45) is 5.92 Å². The Morgan fingerprint density at radius 2 is 1.72 bits per heavy atom. The zero-order valence-corrected chi connectivity index (χ0v) is 18.3. The van der Waals surface area contributed by atoms with Gasteiger partial charge in [-0.2, -0.15) is 0 Å². The number of anilines is 1. The second-order valence-electron chi connectivity index (χ2n) is 7.07. The molecule has 0 bridgehead atoms. The minimum Gasteiger partial charge on any atom is -0.494 e. The third-order valence-corrected chi connectivity index (χ3v) is 4.71. The molecule has 0 aliphatic heterocycles. The van der Waals surface area contributed by atoms with Crippen molar-refractivity contribution in [1.82, 2.24) is 16.2 Å². The molecule has 0 atom stereocenters. The van der Waals surface area contributed by atoms with Gasteiger partial charge in [0, 0.05) is 23.2 Å². The number of hydrogen-bond acceptors (Lipinski definition) is 5. The molecule has 0 spiro atoms. The molecule has 2 aromatic rings. The maximum atomic E-state index is 12.2. The lowest BCUT2D eigenvalue weighted by Gasteiger charge is -2.10. The summed E-state index contributed by atoms with van der Waals surface area (Å²) < 4.78 is 5.37.